The predicted molar refractivity (Wildman–Crippen MR) is 76.9 cm³/mol. The zero-order chi connectivity index (χ0) is 13.4. The Balaban J connectivity index is 2.26. The van der Waals surface area contributed by atoms with E-state index in [9.17, 15) is 0 Å². The summed E-state index contributed by atoms with van der Waals surface area (Å²) in [5.41, 5.74) is 5.94. The number of ether oxygens (including phenoxy) is 1. The van der Waals surface area contributed by atoms with E-state index in [1.54, 1.807) is 0 Å². The molecular weight excluding hydrogens is 224 g/mol. The molecule has 1 aromatic carbocycles. The lowest BCUT2D eigenvalue weighted by Gasteiger charge is -2.37. The van der Waals surface area contributed by atoms with Crippen molar-refractivity contribution < 1.29 is 4.74 Å². The summed E-state index contributed by atoms with van der Waals surface area (Å²) in [5, 5.41) is 0. The number of hydrogen-bond acceptors (Lipinski definition) is 3. The highest BCUT2D eigenvalue weighted by Crippen LogP contribution is 2.16. The van der Waals surface area contributed by atoms with Gasteiger partial charge < -0.3 is 10.5 Å². The summed E-state index contributed by atoms with van der Waals surface area (Å²) in [6.45, 7) is 6.85. The molecule has 1 aromatic rings. The maximum atomic E-state index is 5.84. The van der Waals surface area contributed by atoms with Gasteiger partial charge in [0.2, 0.25) is 0 Å². The molecule has 0 aromatic heterocycles. The van der Waals surface area contributed by atoms with Gasteiger partial charge in [-0.2, -0.15) is 0 Å². The van der Waals surface area contributed by atoms with Crippen molar-refractivity contribution in [2.24, 2.45) is 5.73 Å². The molecule has 3 heteroatoms. The largest absolute Gasteiger partial charge is 0.494 e. The minimum atomic E-state index is 0.104. The summed E-state index contributed by atoms with van der Waals surface area (Å²) in [6, 6.07) is 9.95. The van der Waals surface area contributed by atoms with Gasteiger partial charge in [0, 0.05) is 18.6 Å². The van der Waals surface area contributed by atoms with E-state index < -0.39 is 0 Å². The number of nitrogens with two attached hydrogens (primary N) is 1. The molecular formula is C15H26N2O. The summed E-state index contributed by atoms with van der Waals surface area (Å²) >= 11 is 0. The van der Waals surface area contributed by atoms with Crippen molar-refractivity contribution >= 4 is 0 Å². The van der Waals surface area contributed by atoms with Crippen molar-refractivity contribution in [3.05, 3.63) is 30.3 Å². The first-order chi connectivity index (χ1) is 8.62. The molecule has 0 saturated heterocycles. The first-order valence-corrected chi connectivity index (χ1v) is 6.71. The highest BCUT2D eigenvalue weighted by atomic mass is 16.5. The molecule has 0 fully saturated rings. The molecule has 3 nitrogen and oxygen atoms in total. The number of hydrogen-bond donors (Lipinski definition) is 1. The topological polar surface area (TPSA) is 38.5 Å². The Bertz CT molecular complexity index is 323. The SMILES string of the molecule is CCC(C)(CN)N(C)CCCOc1ccccc1. The van der Waals surface area contributed by atoms with Crippen molar-refractivity contribution in [1.29, 1.82) is 0 Å². The zero-order valence-electron chi connectivity index (χ0n) is 11.9. The fourth-order valence-corrected chi connectivity index (χ4v) is 1.85. The molecule has 0 radical (unpaired) electrons. The third-order valence-electron chi connectivity index (χ3n) is 3.77. The molecule has 0 heterocycles. The van der Waals surface area contributed by atoms with Gasteiger partial charge in [-0.05, 0) is 38.9 Å². The number of likely N-dealkylation sites (N-methyl/N-ethyl adjacent to an activating group) is 1. The van der Waals surface area contributed by atoms with Gasteiger partial charge >= 0.3 is 0 Å². The summed E-state index contributed by atoms with van der Waals surface area (Å²) in [7, 11) is 2.14. The van der Waals surface area contributed by atoms with Crippen LogP contribution in [0.5, 0.6) is 5.75 Å². The normalized spacial score (nSPS) is 14.5. The van der Waals surface area contributed by atoms with Crippen molar-refractivity contribution in [3.8, 4) is 5.75 Å². The minimum absolute atomic E-state index is 0.104. The van der Waals surface area contributed by atoms with Crippen LogP contribution in [0, 0.1) is 0 Å². The molecule has 1 unspecified atom stereocenters. The Morgan fingerprint density at radius 1 is 1.28 bits per heavy atom. The molecule has 2 N–H and O–H groups in total. The van der Waals surface area contributed by atoms with Crippen LogP contribution in [0.4, 0.5) is 0 Å². The Morgan fingerprint density at radius 3 is 2.50 bits per heavy atom. The van der Waals surface area contributed by atoms with E-state index in [1.807, 2.05) is 30.3 Å². The van der Waals surface area contributed by atoms with Gasteiger partial charge in [-0.25, -0.2) is 0 Å². The van der Waals surface area contributed by atoms with E-state index in [-0.39, 0.29) is 5.54 Å². The molecule has 0 aliphatic rings. The maximum Gasteiger partial charge on any atom is 0.119 e. The van der Waals surface area contributed by atoms with Crippen molar-refractivity contribution in [1.82, 2.24) is 4.90 Å². The van der Waals surface area contributed by atoms with E-state index in [4.69, 9.17) is 10.5 Å². The first kappa shape index (κ1) is 15.0. The molecule has 0 aliphatic carbocycles. The molecule has 1 atom stereocenters. The lowest BCUT2D eigenvalue weighted by molar-refractivity contribution is 0.130. The number of nitrogens with zero attached hydrogens (tertiary/aromatic N) is 1. The second-order valence-corrected chi connectivity index (χ2v) is 4.99. The van der Waals surface area contributed by atoms with Crippen LogP contribution < -0.4 is 10.5 Å². The number of para-hydroxylation sites is 1. The van der Waals surface area contributed by atoms with Gasteiger partial charge in [-0.1, -0.05) is 25.1 Å². The van der Waals surface area contributed by atoms with Gasteiger partial charge in [0.05, 0.1) is 6.61 Å². The predicted octanol–water partition coefficient (Wildman–Crippen LogP) is 2.51. The van der Waals surface area contributed by atoms with E-state index in [0.717, 1.165) is 31.7 Å². The zero-order valence-corrected chi connectivity index (χ0v) is 11.9. The Hall–Kier alpha value is -1.06. The maximum absolute atomic E-state index is 5.84. The quantitative estimate of drug-likeness (QED) is 0.721. The van der Waals surface area contributed by atoms with Crippen LogP contribution in [-0.2, 0) is 0 Å². The van der Waals surface area contributed by atoms with Gasteiger partial charge in [0.25, 0.3) is 0 Å². The lowest BCUT2D eigenvalue weighted by Crippen LogP contribution is -2.49. The molecule has 102 valence electrons. The smallest absolute Gasteiger partial charge is 0.119 e. The van der Waals surface area contributed by atoms with Gasteiger partial charge in [0.15, 0.2) is 0 Å². The van der Waals surface area contributed by atoms with Gasteiger partial charge in [0.1, 0.15) is 5.75 Å². The van der Waals surface area contributed by atoms with Crippen LogP contribution in [0.2, 0.25) is 0 Å². The van der Waals surface area contributed by atoms with Crippen LogP contribution >= 0.6 is 0 Å². The Kier molecular flexibility index (Phi) is 6.16. The summed E-state index contributed by atoms with van der Waals surface area (Å²) in [4.78, 5) is 2.33. The Labute approximate surface area is 111 Å². The average Bonchev–Trinajstić information content (AvgIpc) is 2.43. The Morgan fingerprint density at radius 2 is 1.94 bits per heavy atom. The molecule has 0 amide bonds. The number of rotatable bonds is 8. The summed E-state index contributed by atoms with van der Waals surface area (Å²) < 4.78 is 5.68. The lowest BCUT2D eigenvalue weighted by atomic mass is 9.97. The van der Waals surface area contributed by atoms with Crippen LogP contribution in [0.25, 0.3) is 0 Å². The van der Waals surface area contributed by atoms with Crippen LogP contribution in [0.15, 0.2) is 30.3 Å². The molecule has 1 rings (SSSR count). The average molecular weight is 250 g/mol. The van der Waals surface area contributed by atoms with E-state index in [0.29, 0.717) is 6.54 Å². The molecule has 18 heavy (non-hydrogen) atoms. The highest BCUT2D eigenvalue weighted by Gasteiger charge is 2.24. The fourth-order valence-electron chi connectivity index (χ4n) is 1.85. The fraction of sp³-hybridized carbons (Fsp3) is 0.600. The van der Waals surface area contributed by atoms with Gasteiger partial charge in [-0.15, -0.1) is 0 Å². The summed E-state index contributed by atoms with van der Waals surface area (Å²) in [6.07, 6.45) is 2.08. The minimum Gasteiger partial charge on any atom is -0.494 e. The second kappa shape index (κ2) is 7.39. The second-order valence-electron chi connectivity index (χ2n) is 4.99. The van der Waals surface area contributed by atoms with E-state index in [2.05, 4.69) is 25.8 Å². The third-order valence-corrected chi connectivity index (χ3v) is 3.77. The van der Waals surface area contributed by atoms with Crippen molar-refractivity contribution in [2.75, 3.05) is 26.7 Å². The molecule has 0 saturated carbocycles. The monoisotopic (exact) mass is 250 g/mol. The van der Waals surface area contributed by atoms with Crippen LogP contribution in [0.3, 0.4) is 0 Å². The molecule has 0 spiro atoms. The first-order valence-electron chi connectivity index (χ1n) is 6.71. The molecule has 0 bridgehead atoms. The highest BCUT2D eigenvalue weighted by molar-refractivity contribution is 5.20. The summed E-state index contributed by atoms with van der Waals surface area (Å²) in [5.74, 6) is 0.942. The molecule has 0 aliphatic heterocycles. The van der Waals surface area contributed by atoms with Gasteiger partial charge in [-0.3, -0.25) is 4.90 Å². The van der Waals surface area contributed by atoms with E-state index >= 15 is 0 Å². The van der Waals surface area contributed by atoms with Crippen LogP contribution in [-0.4, -0.2) is 37.2 Å². The third kappa shape index (κ3) is 4.31. The van der Waals surface area contributed by atoms with Crippen LogP contribution in [0.1, 0.15) is 26.7 Å². The standard InChI is InChI=1S/C15H26N2O/c1-4-15(2,13-16)17(3)11-8-12-18-14-9-6-5-7-10-14/h5-7,9-10H,4,8,11-13,16H2,1-3H3. The van der Waals surface area contributed by atoms with Crippen molar-refractivity contribution in [2.45, 2.75) is 32.2 Å². The van der Waals surface area contributed by atoms with E-state index in [1.165, 1.54) is 0 Å². The number of benzene rings is 1. The van der Waals surface area contributed by atoms with Crippen molar-refractivity contribution in [3.63, 3.8) is 0 Å².